The van der Waals surface area contributed by atoms with Gasteiger partial charge in [0.05, 0.1) is 19.3 Å². The first kappa shape index (κ1) is 18.4. The molecule has 1 aromatic rings. The van der Waals surface area contributed by atoms with Crippen LogP contribution in [0.4, 0.5) is 0 Å². The Labute approximate surface area is 132 Å². The SMILES string of the molecule is COc1ccc(CC(=O)NCCN(C)CCS(C)(=O)=O)cc1. The molecule has 0 heterocycles. The van der Waals surface area contributed by atoms with E-state index in [0.29, 0.717) is 26.1 Å². The van der Waals surface area contributed by atoms with E-state index in [2.05, 4.69) is 5.32 Å². The summed E-state index contributed by atoms with van der Waals surface area (Å²) in [5.41, 5.74) is 0.920. The maximum atomic E-state index is 11.8. The van der Waals surface area contributed by atoms with Gasteiger partial charge in [0.2, 0.25) is 5.91 Å². The standard InChI is InChI=1S/C15H24N2O4S/c1-17(10-11-22(3,19)20)9-8-16-15(18)12-13-4-6-14(21-2)7-5-13/h4-7H,8-12H2,1-3H3,(H,16,18). The van der Waals surface area contributed by atoms with E-state index >= 15 is 0 Å². The summed E-state index contributed by atoms with van der Waals surface area (Å²) in [7, 11) is 0.487. The first-order valence-electron chi connectivity index (χ1n) is 7.06. The van der Waals surface area contributed by atoms with Gasteiger partial charge in [0.1, 0.15) is 15.6 Å². The first-order chi connectivity index (χ1) is 10.3. The minimum Gasteiger partial charge on any atom is -0.497 e. The Kier molecular flexibility index (Phi) is 7.34. The molecule has 0 bridgehead atoms. The van der Waals surface area contributed by atoms with Crippen molar-refractivity contribution in [3.8, 4) is 5.75 Å². The molecular formula is C15H24N2O4S. The van der Waals surface area contributed by atoms with Crippen LogP contribution < -0.4 is 10.1 Å². The highest BCUT2D eigenvalue weighted by Gasteiger charge is 2.07. The van der Waals surface area contributed by atoms with Gasteiger partial charge in [-0.2, -0.15) is 0 Å². The number of hydrogen-bond donors (Lipinski definition) is 1. The number of methoxy groups -OCH3 is 1. The number of amides is 1. The van der Waals surface area contributed by atoms with Crippen molar-refractivity contribution in [2.45, 2.75) is 6.42 Å². The Morgan fingerprint density at radius 2 is 1.86 bits per heavy atom. The number of carbonyl (C=O) groups is 1. The average Bonchev–Trinajstić information content (AvgIpc) is 2.45. The molecule has 0 radical (unpaired) electrons. The molecule has 0 saturated carbocycles. The van der Waals surface area contributed by atoms with E-state index in [9.17, 15) is 13.2 Å². The lowest BCUT2D eigenvalue weighted by Crippen LogP contribution is -2.35. The summed E-state index contributed by atoms with van der Waals surface area (Å²) in [5.74, 6) is 0.835. The minimum atomic E-state index is -2.95. The van der Waals surface area contributed by atoms with Crippen LogP contribution in [-0.2, 0) is 21.1 Å². The number of rotatable bonds is 9. The zero-order valence-corrected chi connectivity index (χ0v) is 14.1. The molecule has 0 atom stereocenters. The highest BCUT2D eigenvalue weighted by Crippen LogP contribution is 2.11. The van der Waals surface area contributed by atoms with E-state index in [0.717, 1.165) is 11.3 Å². The number of hydrogen-bond acceptors (Lipinski definition) is 5. The molecule has 7 heteroatoms. The highest BCUT2D eigenvalue weighted by atomic mass is 32.2. The van der Waals surface area contributed by atoms with E-state index in [1.165, 1.54) is 6.26 Å². The van der Waals surface area contributed by atoms with Crippen LogP contribution in [0.3, 0.4) is 0 Å². The fourth-order valence-corrected chi connectivity index (χ4v) is 2.45. The fourth-order valence-electron chi connectivity index (χ4n) is 1.81. The van der Waals surface area contributed by atoms with Crippen LogP contribution in [0.25, 0.3) is 0 Å². The first-order valence-corrected chi connectivity index (χ1v) is 9.12. The number of carbonyl (C=O) groups excluding carboxylic acids is 1. The molecular weight excluding hydrogens is 304 g/mol. The second-order valence-corrected chi connectivity index (χ2v) is 7.57. The largest absolute Gasteiger partial charge is 0.497 e. The third kappa shape index (κ3) is 7.99. The van der Waals surface area contributed by atoms with Crippen molar-refractivity contribution in [3.05, 3.63) is 29.8 Å². The molecule has 0 fully saturated rings. The van der Waals surface area contributed by atoms with Gasteiger partial charge in [-0.1, -0.05) is 12.1 Å². The van der Waals surface area contributed by atoms with Gasteiger partial charge in [0.25, 0.3) is 0 Å². The molecule has 0 aliphatic carbocycles. The van der Waals surface area contributed by atoms with Gasteiger partial charge in [-0.3, -0.25) is 4.79 Å². The van der Waals surface area contributed by atoms with Gasteiger partial charge >= 0.3 is 0 Å². The van der Waals surface area contributed by atoms with Gasteiger partial charge in [0.15, 0.2) is 0 Å². The van der Waals surface area contributed by atoms with Crippen molar-refractivity contribution >= 4 is 15.7 Å². The second kappa shape index (κ2) is 8.75. The summed E-state index contributed by atoms with van der Waals surface area (Å²) in [6.07, 6.45) is 1.54. The van der Waals surface area contributed by atoms with Crippen molar-refractivity contribution < 1.29 is 17.9 Å². The van der Waals surface area contributed by atoms with Gasteiger partial charge < -0.3 is 15.0 Å². The van der Waals surface area contributed by atoms with Gasteiger partial charge in [-0.05, 0) is 24.7 Å². The number of nitrogens with one attached hydrogen (secondary N) is 1. The van der Waals surface area contributed by atoms with Gasteiger partial charge in [-0.15, -0.1) is 0 Å². The van der Waals surface area contributed by atoms with Gasteiger partial charge in [0, 0.05) is 25.9 Å². The van der Waals surface area contributed by atoms with Crippen molar-refractivity contribution in [3.63, 3.8) is 0 Å². The predicted molar refractivity (Wildman–Crippen MR) is 86.9 cm³/mol. The molecule has 0 aromatic heterocycles. The molecule has 1 N–H and O–H groups in total. The average molecular weight is 328 g/mol. The van der Waals surface area contributed by atoms with Crippen LogP contribution in [0.15, 0.2) is 24.3 Å². The van der Waals surface area contributed by atoms with Crippen LogP contribution in [-0.4, -0.2) is 65.0 Å². The van der Waals surface area contributed by atoms with E-state index in [1.54, 1.807) is 7.11 Å². The predicted octanol–water partition coefficient (Wildman–Crippen LogP) is 0.330. The topological polar surface area (TPSA) is 75.7 Å². The fraction of sp³-hybridized carbons (Fsp3) is 0.533. The molecule has 0 aliphatic rings. The lowest BCUT2D eigenvalue weighted by molar-refractivity contribution is -0.120. The Morgan fingerprint density at radius 3 is 2.41 bits per heavy atom. The summed E-state index contributed by atoms with van der Waals surface area (Å²) in [4.78, 5) is 13.7. The Bertz CT molecular complexity index is 570. The van der Waals surface area contributed by atoms with E-state index in [1.807, 2.05) is 36.2 Å². The second-order valence-electron chi connectivity index (χ2n) is 5.31. The Hall–Kier alpha value is -1.60. The number of nitrogens with zero attached hydrogens (tertiary/aromatic N) is 1. The minimum absolute atomic E-state index is 0.0540. The summed E-state index contributed by atoms with van der Waals surface area (Å²) < 4.78 is 27.2. The summed E-state index contributed by atoms with van der Waals surface area (Å²) in [5, 5.41) is 2.83. The smallest absolute Gasteiger partial charge is 0.224 e. The normalized spacial score (nSPS) is 11.5. The number of sulfone groups is 1. The van der Waals surface area contributed by atoms with Crippen LogP contribution in [0.5, 0.6) is 5.75 Å². The van der Waals surface area contributed by atoms with E-state index in [4.69, 9.17) is 4.74 Å². The highest BCUT2D eigenvalue weighted by molar-refractivity contribution is 7.90. The zero-order chi connectivity index (χ0) is 16.6. The summed E-state index contributed by atoms with van der Waals surface area (Å²) in [6.45, 7) is 1.58. The molecule has 1 rings (SSSR count). The Balaban J connectivity index is 2.25. The molecule has 22 heavy (non-hydrogen) atoms. The molecule has 124 valence electrons. The lowest BCUT2D eigenvalue weighted by Gasteiger charge is -2.16. The van der Waals surface area contributed by atoms with E-state index in [-0.39, 0.29) is 11.7 Å². The summed E-state index contributed by atoms with van der Waals surface area (Å²) >= 11 is 0. The maximum Gasteiger partial charge on any atom is 0.224 e. The molecule has 6 nitrogen and oxygen atoms in total. The molecule has 0 spiro atoms. The Morgan fingerprint density at radius 1 is 1.23 bits per heavy atom. The van der Waals surface area contributed by atoms with Crippen molar-refractivity contribution in [2.24, 2.45) is 0 Å². The molecule has 1 aromatic carbocycles. The van der Waals surface area contributed by atoms with Crippen molar-refractivity contribution in [1.82, 2.24) is 10.2 Å². The maximum absolute atomic E-state index is 11.8. The molecule has 0 saturated heterocycles. The third-order valence-corrected chi connectivity index (χ3v) is 4.11. The van der Waals surface area contributed by atoms with Crippen LogP contribution in [0.2, 0.25) is 0 Å². The van der Waals surface area contributed by atoms with E-state index < -0.39 is 9.84 Å². The van der Waals surface area contributed by atoms with Crippen LogP contribution in [0.1, 0.15) is 5.56 Å². The number of ether oxygens (including phenoxy) is 1. The molecule has 1 amide bonds. The number of likely N-dealkylation sites (N-methyl/N-ethyl adjacent to an activating group) is 1. The zero-order valence-electron chi connectivity index (χ0n) is 13.3. The van der Waals surface area contributed by atoms with Gasteiger partial charge in [-0.25, -0.2) is 8.42 Å². The van der Waals surface area contributed by atoms with Crippen LogP contribution in [0, 0.1) is 0 Å². The third-order valence-electron chi connectivity index (χ3n) is 3.18. The molecule has 0 unspecified atom stereocenters. The monoisotopic (exact) mass is 328 g/mol. The summed E-state index contributed by atoms with van der Waals surface area (Å²) in [6, 6.07) is 7.36. The van der Waals surface area contributed by atoms with Crippen molar-refractivity contribution in [2.75, 3.05) is 45.8 Å². The molecule has 0 aliphatic heterocycles. The quantitative estimate of drug-likeness (QED) is 0.707. The van der Waals surface area contributed by atoms with Crippen LogP contribution >= 0.6 is 0 Å². The number of benzene rings is 1. The van der Waals surface area contributed by atoms with Crippen molar-refractivity contribution in [1.29, 1.82) is 0 Å². The lowest BCUT2D eigenvalue weighted by atomic mass is 10.1.